The van der Waals surface area contributed by atoms with Crippen LogP contribution in [0.2, 0.25) is 0 Å². The van der Waals surface area contributed by atoms with Crippen molar-refractivity contribution in [2.45, 2.75) is 50.1 Å². The number of cyclic esters (lactones) is 1. The average molecular weight is 522 g/mol. The number of unbranched alkanes of at least 4 members (excludes halogenated alkanes) is 1. The Morgan fingerprint density at radius 1 is 1.08 bits per heavy atom. The molecule has 2 amide bonds. The van der Waals surface area contributed by atoms with Crippen molar-refractivity contribution in [3.63, 3.8) is 0 Å². The van der Waals surface area contributed by atoms with Gasteiger partial charge < -0.3 is 24.4 Å². The number of likely N-dealkylation sites (tertiary alicyclic amines) is 1. The number of hydrogen-bond acceptors (Lipinski definition) is 8. The first-order chi connectivity index (χ1) is 18.5. The lowest BCUT2D eigenvalue weighted by Gasteiger charge is -2.38. The van der Waals surface area contributed by atoms with Crippen LogP contribution in [-0.4, -0.2) is 91.2 Å². The van der Waals surface area contributed by atoms with E-state index in [2.05, 4.69) is 10.3 Å². The first-order valence-electron chi connectivity index (χ1n) is 13.2. The number of carbonyl (C=O) groups excluding carboxylic acids is 3. The number of ether oxygens (including phenoxy) is 2. The van der Waals surface area contributed by atoms with Gasteiger partial charge in [0.1, 0.15) is 42.0 Å². The number of aliphatic hydroxyl groups is 1. The standard InChI is InChI=1S/C27H31N5O6/c1-2-26-11-8-16-37-25(36)21(26)20-23(34)31(14-5-6-15-33)22-24(35)30(13-7-12-27(20,22)38-26)17-32-19-10-4-3-9-18(19)28-29-32/h3-4,7-12,20-22,33H,2,5-6,13-17H2,1H3/t20-,21-,22?,26+,27-/m0/s1. The molecule has 38 heavy (non-hydrogen) atoms. The number of amides is 2. The van der Waals surface area contributed by atoms with Crippen LogP contribution in [0.1, 0.15) is 26.2 Å². The molecule has 1 N–H and O–H groups in total. The van der Waals surface area contributed by atoms with E-state index in [9.17, 15) is 19.5 Å². The lowest BCUT2D eigenvalue weighted by atomic mass is 9.73. The SMILES string of the molecule is CC[C@@]12C=CCOC(=O)[C@@H]1[C@H]1C(=O)N(CCCCO)C3C(=O)N(Cn4nnc5ccccc54)CC=C[C@@]31O2. The van der Waals surface area contributed by atoms with Crippen LogP contribution in [0.15, 0.2) is 48.6 Å². The minimum Gasteiger partial charge on any atom is -0.461 e. The minimum atomic E-state index is -1.33. The summed E-state index contributed by atoms with van der Waals surface area (Å²) in [6.45, 7) is 2.70. The van der Waals surface area contributed by atoms with Crippen LogP contribution in [0.25, 0.3) is 11.0 Å². The molecule has 2 saturated heterocycles. The van der Waals surface area contributed by atoms with Crippen molar-refractivity contribution >= 4 is 28.8 Å². The molecule has 1 spiro atoms. The molecule has 6 rings (SSSR count). The van der Waals surface area contributed by atoms with E-state index in [1.165, 1.54) is 0 Å². The highest BCUT2D eigenvalue weighted by atomic mass is 16.6. The van der Waals surface area contributed by atoms with E-state index in [-0.39, 0.29) is 44.8 Å². The monoisotopic (exact) mass is 521 g/mol. The van der Waals surface area contributed by atoms with Crippen molar-refractivity contribution in [1.29, 1.82) is 0 Å². The zero-order valence-electron chi connectivity index (χ0n) is 21.2. The quantitative estimate of drug-likeness (QED) is 0.325. The van der Waals surface area contributed by atoms with Crippen LogP contribution < -0.4 is 0 Å². The topological polar surface area (TPSA) is 127 Å². The molecule has 11 nitrogen and oxygen atoms in total. The van der Waals surface area contributed by atoms with Crippen molar-refractivity contribution in [3.8, 4) is 0 Å². The van der Waals surface area contributed by atoms with Gasteiger partial charge in [-0.25, -0.2) is 4.68 Å². The Hall–Kier alpha value is -3.57. The molecule has 0 saturated carbocycles. The third-order valence-corrected chi connectivity index (χ3v) is 8.31. The highest BCUT2D eigenvalue weighted by Gasteiger charge is 2.75. The number of aromatic nitrogens is 3. The third kappa shape index (κ3) is 3.52. The Balaban J connectivity index is 1.42. The fraction of sp³-hybridized carbons (Fsp3) is 0.519. The molecule has 5 heterocycles. The summed E-state index contributed by atoms with van der Waals surface area (Å²) >= 11 is 0. The van der Waals surface area contributed by atoms with Crippen molar-refractivity contribution in [2.24, 2.45) is 11.8 Å². The zero-order chi connectivity index (χ0) is 26.5. The molecule has 4 aliphatic rings. The lowest BCUT2D eigenvalue weighted by Crippen LogP contribution is -2.56. The van der Waals surface area contributed by atoms with Gasteiger partial charge in [-0.3, -0.25) is 14.4 Å². The molecule has 5 atom stereocenters. The van der Waals surface area contributed by atoms with E-state index >= 15 is 0 Å². The number of para-hydroxylation sites is 1. The Kier molecular flexibility index (Phi) is 6.07. The molecule has 200 valence electrons. The van der Waals surface area contributed by atoms with Crippen molar-refractivity contribution in [2.75, 3.05) is 26.3 Å². The van der Waals surface area contributed by atoms with Gasteiger partial charge in [0.25, 0.3) is 5.91 Å². The second-order valence-corrected chi connectivity index (χ2v) is 10.3. The number of aliphatic hydroxyl groups excluding tert-OH is 1. The predicted molar refractivity (Wildman–Crippen MR) is 134 cm³/mol. The van der Waals surface area contributed by atoms with Crippen molar-refractivity contribution in [3.05, 3.63) is 48.6 Å². The van der Waals surface area contributed by atoms with E-state index < -0.39 is 35.0 Å². The van der Waals surface area contributed by atoms with Gasteiger partial charge in [-0.05, 0) is 37.5 Å². The number of benzene rings is 1. The average Bonchev–Trinajstić information content (AvgIpc) is 3.45. The molecule has 0 radical (unpaired) electrons. The molecule has 0 bridgehead atoms. The summed E-state index contributed by atoms with van der Waals surface area (Å²) in [6, 6.07) is 6.54. The highest BCUT2D eigenvalue weighted by molar-refractivity contribution is 5.99. The molecule has 11 heteroatoms. The molecular formula is C27H31N5O6. The fourth-order valence-corrected chi connectivity index (χ4v) is 6.59. The summed E-state index contributed by atoms with van der Waals surface area (Å²) in [7, 11) is 0. The number of rotatable bonds is 7. The van der Waals surface area contributed by atoms with Gasteiger partial charge in [0.05, 0.1) is 11.4 Å². The number of hydrogen-bond donors (Lipinski definition) is 1. The fourth-order valence-electron chi connectivity index (χ4n) is 6.59. The van der Waals surface area contributed by atoms with Gasteiger partial charge in [-0.2, -0.15) is 0 Å². The van der Waals surface area contributed by atoms with Gasteiger partial charge in [0.15, 0.2) is 0 Å². The Bertz CT molecular complexity index is 1340. The number of fused-ring (bicyclic) bond motifs is 3. The summed E-state index contributed by atoms with van der Waals surface area (Å²) in [5, 5.41) is 17.8. The summed E-state index contributed by atoms with van der Waals surface area (Å²) < 4.78 is 13.9. The van der Waals surface area contributed by atoms with E-state index in [0.29, 0.717) is 19.3 Å². The molecular weight excluding hydrogens is 490 g/mol. The first-order valence-corrected chi connectivity index (χ1v) is 13.2. The smallest absolute Gasteiger partial charge is 0.313 e. The summed E-state index contributed by atoms with van der Waals surface area (Å²) in [6.07, 6.45) is 8.69. The maximum atomic E-state index is 14.3. The predicted octanol–water partition coefficient (Wildman–Crippen LogP) is 1.03. The number of esters is 1. The van der Waals surface area contributed by atoms with Crippen molar-refractivity contribution < 1.29 is 29.0 Å². The Morgan fingerprint density at radius 3 is 2.74 bits per heavy atom. The van der Waals surface area contributed by atoms with Gasteiger partial charge in [0, 0.05) is 19.7 Å². The molecule has 1 unspecified atom stereocenters. The summed E-state index contributed by atoms with van der Waals surface area (Å²) in [5.74, 6) is -2.84. The van der Waals surface area contributed by atoms with Crippen LogP contribution in [0.5, 0.6) is 0 Å². The molecule has 1 aromatic carbocycles. The second kappa shape index (κ2) is 9.32. The van der Waals surface area contributed by atoms with Gasteiger partial charge in [0.2, 0.25) is 5.91 Å². The van der Waals surface area contributed by atoms with Crippen molar-refractivity contribution in [1.82, 2.24) is 24.8 Å². The van der Waals surface area contributed by atoms with E-state index in [1.807, 2.05) is 49.4 Å². The van der Waals surface area contributed by atoms with Gasteiger partial charge in [-0.15, -0.1) is 5.10 Å². The van der Waals surface area contributed by atoms with Crippen LogP contribution in [0, 0.1) is 11.8 Å². The van der Waals surface area contributed by atoms with Crippen LogP contribution in [0.4, 0.5) is 0 Å². The number of carbonyl (C=O) groups is 3. The van der Waals surface area contributed by atoms with Gasteiger partial charge >= 0.3 is 5.97 Å². The Labute approximate surface area is 219 Å². The molecule has 1 aromatic heterocycles. The molecule has 2 fully saturated rings. The lowest BCUT2D eigenvalue weighted by molar-refractivity contribution is -0.159. The van der Waals surface area contributed by atoms with Crippen LogP contribution in [-0.2, 0) is 30.5 Å². The highest BCUT2D eigenvalue weighted by Crippen LogP contribution is 2.58. The van der Waals surface area contributed by atoms with Crippen LogP contribution >= 0.6 is 0 Å². The zero-order valence-corrected chi connectivity index (χ0v) is 21.2. The first kappa shape index (κ1) is 24.7. The summed E-state index contributed by atoms with van der Waals surface area (Å²) in [5.41, 5.74) is -0.863. The largest absolute Gasteiger partial charge is 0.461 e. The van der Waals surface area contributed by atoms with E-state index in [0.717, 1.165) is 11.0 Å². The maximum Gasteiger partial charge on any atom is 0.313 e. The van der Waals surface area contributed by atoms with Crippen LogP contribution in [0.3, 0.4) is 0 Å². The molecule has 4 aliphatic heterocycles. The maximum absolute atomic E-state index is 14.3. The minimum absolute atomic E-state index is 0.0180. The third-order valence-electron chi connectivity index (χ3n) is 8.31. The molecule has 0 aliphatic carbocycles. The normalized spacial score (nSPS) is 32.3. The Morgan fingerprint density at radius 2 is 1.92 bits per heavy atom. The van der Waals surface area contributed by atoms with E-state index in [1.54, 1.807) is 20.6 Å². The summed E-state index contributed by atoms with van der Waals surface area (Å²) in [4.78, 5) is 44.9. The number of nitrogens with zero attached hydrogens (tertiary/aromatic N) is 5. The van der Waals surface area contributed by atoms with Gasteiger partial charge in [-0.1, -0.05) is 42.5 Å². The second-order valence-electron chi connectivity index (χ2n) is 10.3. The molecule has 2 aromatic rings. The van der Waals surface area contributed by atoms with E-state index in [4.69, 9.17) is 9.47 Å².